The van der Waals surface area contributed by atoms with Crippen LogP contribution in [0.2, 0.25) is 0 Å². The minimum absolute atomic E-state index is 0.135. The van der Waals surface area contributed by atoms with Crippen molar-refractivity contribution in [2.45, 2.75) is 6.92 Å². The van der Waals surface area contributed by atoms with Crippen molar-refractivity contribution in [3.05, 3.63) is 35.7 Å². The first-order chi connectivity index (χ1) is 9.24. The van der Waals surface area contributed by atoms with Gasteiger partial charge in [0, 0.05) is 16.8 Å². The molecule has 0 saturated heterocycles. The van der Waals surface area contributed by atoms with E-state index >= 15 is 0 Å². The first-order valence-electron chi connectivity index (χ1n) is 5.93. The van der Waals surface area contributed by atoms with Crippen LogP contribution in [0.25, 0.3) is 10.9 Å². The van der Waals surface area contributed by atoms with Crippen molar-refractivity contribution in [3.8, 4) is 0 Å². The molecule has 3 rings (SSSR count). The predicted molar refractivity (Wildman–Crippen MR) is 73.9 cm³/mol. The van der Waals surface area contributed by atoms with Gasteiger partial charge < -0.3 is 10.6 Å². The highest BCUT2D eigenvalue weighted by atomic mass is 16.1. The lowest BCUT2D eigenvalue weighted by atomic mass is 10.1. The summed E-state index contributed by atoms with van der Waals surface area (Å²) < 4.78 is 0. The second-order valence-corrected chi connectivity index (χ2v) is 4.34. The number of amides is 1. The standard InChI is InChI=1S/C13H13N5O/c1-8-11(6-14-7-15-8)13(19)17-10-2-3-12-9(4-10)5-16-18-12/h2-5,7H,6H2,1H3,(H,14,15)(H,16,18)(H,17,19). The molecule has 2 aromatic rings. The third-order valence-electron chi connectivity index (χ3n) is 3.05. The fourth-order valence-corrected chi connectivity index (χ4v) is 1.95. The minimum atomic E-state index is -0.135. The number of fused-ring (bicyclic) bond motifs is 1. The van der Waals surface area contributed by atoms with Gasteiger partial charge in [0.2, 0.25) is 0 Å². The number of aliphatic imine (C=N–C) groups is 1. The smallest absolute Gasteiger partial charge is 0.255 e. The molecule has 3 N–H and O–H groups in total. The number of benzene rings is 1. The van der Waals surface area contributed by atoms with Crippen molar-refractivity contribution in [1.82, 2.24) is 15.5 Å². The molecule has 2 heterocycles. The third-order valence-corrected chi connectivity index (χ3v) is 3.05. The number of aromatic nitrogens is 2. The van der Waals surface area contributed by atoms with Crippen LogP contribution in [0, 0.1) is 0 Å². The molecular weight excluding hydrogens is 242 g/mol. The van der Waals surface area contributed by atoms with E-state index in [2.05, 4.69) is 25.8 Å². The van der Waals surface area contributed by atoms with Gasteiger partial charge in [0.15, 0.2) is 0 Å². The molecule has 1 aliphatic heterocycles. The summed E-state index contributed by atoms with van der Waals surface area (Å²) in [7, 11) is 0. The van der Waals surface area contributed by atoms with Crippen LogP contribution in [0.5, 0.6) is 0 Å². The van der Waals surface area contributed by atoms with Gasteiger partial charge in [-0.1, -0.05) is 0 Å². The number of nitrogens with one attached hydrogen (secondary N) is 3. The molecular formula is C13H13N5O. The number of allylic oxidation sites excluding steroid dienone is 1. The second kappa shape index (κ2) is 4.56. The zero-order valence-electron chi connectivity index (χ0n) is 10.4. The average Bonchev–Trinajstić information content (AvgIpc) is 2.86. The molecule has 1 aromatic heterocycles. The maximum atomic E-state index is 12.1. The summed E-state index contributed by atoms with van der Waals surface area (Å²) in [6, 6.07) is 5.61. The minimum Gasteiger partial charge on any atom is -0.350 e. The number of aromatic amines is 1. The number of carbonyl (C=O) groups excluding carboxylic acids is 1. The molecule has 1 aromatic carbocycles. The molecule has 0 bridgehead atoms. The van der Waals surface area contributed by atoms with Crippen LogP contribution in [-0.2, 0) is 4.79 Å². The summed E-state index contributed by atoms with van der Waals surface area (Å²) in [5.74, 6) is -0.135. The maximum Gasteiger partial charge on any atom is 0.255 e. The highest BCUT2D eigenvalue weighted by Crippen LogP contribution is 2.18. The molecule has 0 atom stereocenters. The number of hydrogen-bond acceptors (Lipinski definition) is 4. The molecule has 19 heavy (non-hydrogen) atoms. The molecule has 6 heteroatoms. The average molecular weight is 255 g/mol. The molecule has 6 nitrogen and oxygen atoms in total. The molecule has 0 radical (unpaired) electrons. The summed E-state index contributed by atoms with van der Waals surface area (Å²) in [5, 5.41) is 13.6. The first kappa shape index (κ1) is 11.5. The lowest BCUT2D eigenvalue weighted by Gasteiger charge is -2.14. The van der Waals surface area contributed by atoms with Crippen molar-refractivity contribution in [1.29, 1.82) is 0 Å². The van der Waals surface area contributed by atoms with E-state index in [4.69, 9.17) is 0 Å². The molecule has 0 unspecified atom stereocenters. The van der Waals surface area contributed by atoms with Crippen molar-refractivity contribution in [3.63, 3.8) is 0 Å². The molecule has 0 fully saturated rings. The van der Waals surface area contributed by atoms with Crippen LogP contribution in [-0.4, -0.2) is 29.0 Å². The Morgan fingerprint density at radius 3 is 3.16 bits per heavy atom. The Balaban J connectivity index is 1.82. The number of anilines is 1. The quantitative estimate of drug-likeness (QED) is 0.758. The topological polar surface area (TPSA) is 82.2 Å². The van der Waals surface area contributed by atoms with Crippen LogP contribution in [0.3, 0.4) is 0 Å². The Hall–Kier alpha value is -2.63. The van der Waals surface area contributed by atoms with E-state index in [1.54, 1.807) is 12.5 Å². The van der Waals surface area contributed by atoms with E-state index in [0.29, 0.717) is 12.1 Å². The van der Waals surface area contributed by atoms with Crippen molar-refractivity contribution < 1.29 is 4.79 Å². The second-order valence-electron chi connectivity index (χ2n) is 4.34. The largest absolute Gasteiger partial charge is 0.350 e. The summed E-state index contributed by atoms with van der Waals surface area (Å²) in [5.41, 5.74) is 3.16. The summed E-state index contributed by atoms with van der Waals surface area (Å²) in [4.78, 5) is 16.2. The van der Waals surface area contributed by atoms with Gasteiger partial charge in [0.25, 0.3) is 5.91 Å². The fourth-order valence-electron chi connectivity index (χ4n) is 1.95. The Morgan fingerprint density at radius 2 is 2.32 bits per heavy atom. The van der Waals surface area contributed by atoms with Crippen LogP contribution < -0.4 is 10.6 Å². The van der Waals surface area contributed by atoms with Gasteiger partial charge in [0.05, 0.1) is 30.2 Å². The van der Waals surface area contributed by atoms with Crippen LogP contribution in [0.1, 0.15) is 6.92 Å². The van der Waals surface area contributed by atoms with Gasteiger partial charge >= 0.3 is 0 Å². The molecule has 1 aliphatic rings. The van der Waals surface area contributed by atoms with Crippen molar-refractivity contribution >= 4 is 28.8 Å². The lowest BCUT2D eigenvalue weighted by molar-refractivity contribution is -0.112. The summed E-state index contributed by atoms with van der Waals surface area (Å²) in [6.07, 6.45) is 3.33. The normalized spacial score (nSPS) is 14.6. The van der Waals surface area contributed by atoms with Gasteiger partial charge in [-0.05, 0) is 25.1 Å². The van der Waals surface area contributed by atoms with E-state index in [0.717, 1.165) is 22.3 Å². The van der Waals surface area contributed by atoms with Crippen LogP contribution in [0.15, 0.2) is 40.7 Å². The maximum absolute atomic E-state index is 12.1. The first-order valence-corrected chi connectivity index (χ1v) is 5.93. The van der Waals surface area contributed by atoms with E-state index in [-0.39, 0.29) is 5.91 Å². The number of H-pyrrole nitrogens is 1. The van der Waals surface area contributed by atoms with Crippen LogP contribution in [0.4, 0.5) is 5.69 Å². The molecule has 96 valence electrons. The molecule has 0 aliphatic carbocycles. The number of nitrogens with zero attached hydrogens (tertiary/aromatic N) is 2. The SMILES string of the molecule is CC1=C(C(=O)Nc2ccc3[nH]ncc3c2)CN=CN1. The highest BCUT2D eigenvalue weighted by Gasteiger charge is 2.14. The Morgan fingerprint density at radius 1 is 1.42 bits per heavy atom. The van der Waals surface area contributed by atoms with Gasteiger partial charge in [-0.3, -0.25) is 14.9 Å². The lowest BCUT2D eigenvalue weighted by Crippen LogP contribution is -2.25. The summed E-state index contributed by atoms with van der Waals surface area (Å²) in [6.45, 7) is 2.26. The molecule has 0 saturated carbocycles. The molecule has 1 amide bonds. The van der Waals surface area contributed by atoms with E-state index in [1.807, 2.05) is 25.1 Å². The number of carbonyl (C=O) groups is 1. The zero-order valence-corrected chi connectivity index (χ0v) is 10.4. The summed E-state index contributed by atoms with van der Waals surface area (Å²) >= 11 is 0. The van der Waals surface area contributed by atoms with Crippen molar-refractivity contribution in [2.75, 3.05) is 11.9 Å². The monoisotopic (exact) mass is 255 g/mol. The van der Waals surface area contributed by atoms with Gasteiger partial charge in [-0.25, -0.2) is 0 Å². The number of hydrogen-bond donors (Lipinski definition) is 3. The predicted octanol–water partition coefficient (Wildman–Crippen LogP) is 1.41. The third kappa shape index (κ3) is 2.20. The van der Waals surface area contributed by atoms with E-state index in [1.165, 1.54) is 0 Å². The van der Waals surface area contributed by atoms with E-state index in [9.17, 15) is 4.79 Å². The van der Waals surface area contributed by atoms with Gasteiger partial charge in [0.1, 0.15) is 0 Å². The van der Waals surface area contributed by atoms with Crippen LogP contribution >= 0.6 is 0 Å². The van der Waals surface area contributed by atoms with Crippen molar-refractivity contribution in [2.24, 2.45) is 4.99 Å². The van der Waals surface area contributed by atoms with Gasteiger partial charge in [-0.2, -0.15) is 5.10 Å². The Kier molecular flexibility index (Phi) is 2.75. The number of rotatable bonds is 2. The fraction of sp³-hybridized carbons (Fsp3) is 0.154. The highest BCUT2D eigenvalue weighted by molar-refractivity contribution is 6.05. The Bertz CT molecular complexity index is 698. The van der Waals surface area contributed by atoms with E-state index < -0.39 is 0 Å². The molecule has 0 spiro atoms. The Labute approximate surface area is 109 Å². The zero-order chi connectivity index (χ0) is 13.2. The van der Waals surface area contributed by atoms with Gasteiger partial charge in [-0.15, -0.1) is 0 Å².